The molecule has 2 fully saturated rings. The Morgan fingerprint density at radius 2 is 2.04 bits per heavy atom. The Kier molecular flexibility index (Phi) is 5.91. The van der Waals surface area contributed by atoms with E-state index in [1.165, 1.54) is 12.8 Å². The number of furan rings is 1. The van der Waals surface area contributed by atoms with E-state index in [0.717, 1.165) is 57.7 Å². The molecule has 132 valence electrons. The van der Waals surface area contributed by atoms with Gasteiger partial charge in [-0.15, -0.1) is 0 Å². The van der Waals surface area contributed by atoms with Gasteiger partial charge in [-0.3, -0.25) is 14.5 Å². The van der Waals surface area contributed by atoms with Crippen LogP contribution < -0.4 is 5.32 Å². The average molecular weight is 333 g/mol. The van der Waals surface area contributed by atoms with E-state index in [1.807, 2.05) is 12.1 Å². The molecule has 1 atom stereocenters. The number of rotatable bonds is 5. The zero-order valence-electron chi connectivity index (χ0n) is 14.2. The molecule has 2 aliphatic heterocycles. The van der Waals surface area contributed by atoms with Crippen LogP contribution in [0.1, 0.15) is 37.9 Å². The molecule has 2 saturated heterocycles. The number of carbonyl (C=O) groups is 2. The third-order valence-corrected chi connectivity index (χ3v) is 4.99. The number of hydrogen-bond donors (Lipinski definition) is 1. The Hall–Kier alpha value is -1.82. The predicted octanol–water partition coefficient (Wildman–Crippen LogP) is 1.62. The molecule has 6 nitrogen and oxygen atoms in total. The summed E-state index contributed by atoms with van der Waals surface area (Å²) in [5.74, 6) is 0.756. The van der Waals surface area contributed by atoms with Crippen LogP contribution in [0.15, 0.2) is 22.8 Å². The first-order chi connectivity index (χ1) is 11.7. The van der Waals surface area contributed by atoms with E-state index in [2.05, 4.69) is 10.2 Å². The fourth-order valence-electron chi connectivity index (χ4n) is 3.68. The van der Waals surface area contributed by atoms with Crippen LogP contribution in [0.4, 0.5) is 0 Å². The van der Waals surface area contributed by atoms with E-state index in [0.29, 0.717) is 12.5 Å². The van der Waals surface area contributed by atoms with Gasteiger partial charge >= 0.3 is 11.8 Å². The molecule has 0 spiro atoms. The standard InChI is InChI=1S/C18H27N3O3/c22-17(18(23)21-10-1-2-11-21)19-8-7-15-5-3-9-20(13-15)14-16-6-4-12-24-16/h4,6,12,15H,1-3,5,7-11,13-14H2,(H,19,22)/t15-/m0/s1. The van der Waals surface area contributed by atoms with Gasteiger partial charge in [0.1, 0.15) is 5.76 Å². The van der Waals surface area contributed by atoms with Crippen molar-refractivity contribution in [2.24, 2.45) is 5.92 Å². The minimum atomic E-state index is -0.444. The van der Waals surface area contributed by atoms with E-state index in [1.54, 1.807) is 11.2 Å². The lowest BCUT2D eigenvalue weighted by Crippen LogP contribution is -2.42. The second-order valence-corrected chi connectivity index (χ2v) is 6.87. The maximum Gasteiger partial charge on any atom is 0.311 e. The maximum atomic E-state index is 12.0. The normalized spacial score (nSPS) is 21.8. The Bertz CT molecular complexity index is 538. The molecule has 0 bridgehead atoms. The molecule has 0 saturated carbocycles. The highest BCUT2D eigenvalue weighted by atomic mass is 16.3. The molecule has 2 amide bonds. The molecule has 0 unspecified atom stereocenters. The van der Waals surface area contributed by atoms with Gasteiger partial charge in [-0.1, -0.05) is 0 Å². The van der Waals surface area contributed by atoms with Crippen LogP contribution in [0.2, 0.25) is 0 Å². The van der Waals surface area contributed by atoms with Gasteiger partial charge in [-0.2, -0.15) is 0 Å². The van der Waals surface area contributed by atoms with Crippen molar-refractivity contribution in [3.63, 3.8) is 0 Å². The van der Waals surface area contributed by atoms with E-state index >= 15 is 0 Å². The molecular formula is C18H27N3O3. The molecular weight excluding hydrogens is 306 g/mol. The van der Waals surface area contributed by atoms with E-state index in [9.17, 15) is 9.59 Å². The lowest BCUT2D eigenvalue weighted by Gasteiger charge is -2.32. The van der Waals surface area contributed by atoms with Gasteiger partial charge in [0.05, 0.1) is 12.8 Å². The molecule has 6 heteroatoms. The third-order valence-electron chi connectivity index (χ3n) is 4.99. The zero-order chi connectivity index (χ0) is 16.8. The molecule has 3 rings (SSSR count). The molecule has 2 aliphatic rings. The SMILES string of the molecule is O=C(NCC[C@@H]1CCCN(Cc2ccco2)C1)C(=O)N1CCCC1. The Morgan fingerprint density at radius 3 is 2.79 bits per heavy atom. The van der Waals surface area contributed by atoms with Crippen molar-refractivity contribution in [1.29, 1.82) is 0 Å². The van der Waals surface area contributed by atoms with Crippen molar-refractivity contribution in [3.8, 4) is 0 Å². The molecule has 24 heavy (non-hydrogen) atoms. The number of amides is 2. The van der Waals surface area contributed by atoms with Crippen molar-refractivity contribution >= 4 is 11.8 Å². The van der Waals surface area contributed by atoms with Crippen LogP contribution in [-0.4, -0.2) is 54.3 Å². The number of hydrogen-bond acceptors (Lipinski definition) is 4. The minimum Gasteiger partial charge on any atom is -0.468 e. The van der Waals surface area contributed by atoms with Crippen LogP contribution in [0.5, 0.6) is 0 Å². The van der Waals surface area contributed by atoms with Crippen molar-refractivity contribution in [3.05, 3.63) is 24.2 Å². The summed E-state index contributed by atoms with van der Waals surface area (Å²) in [6, 6.07) is 3.93. The molecule has 0 radical (unpaired) electrons. The second kappa shape index (κ2) is 8.33. The highest BCUT2D eigenvalue weighted by Crippen LogP contribution is 2.21. The van der Waals surface area contributed by atoms with Crippen molar-refractivity contribution in [2.45, 2.75) is 38.6 Å². The van der Waals surface area contributed by atoms with E-state index < -0.39 is 5.91 Å². The molecule has 0 aliphatic carbocycles. The van der Waals surface area contributed by atoms with Gasteiger partial charge in [0.25, 0.3) is 0 Å². The first-order valence-corrected chi connectivity index (χ1v) is 9.04. The first kappa shape index (κ1) is 17.0. The molecule has 3 heterocycles. The third kappa shape index (κ3) is 4.60. The van der Waals surface area contributed by atoms with Gasteiger partial charge in [0, 0.05) is 26.2 Å². The second-order valence-electron chi connectivity index (χ2n) is 6.87. The molecule has 1 aromatic rings. The number of nitrogens with one attached hydrogen (secondary N) is 1. The highest BCUT2D eigenvalue weighted by Gasteiger charge is 2.25. The van der Waals surface area contributed by atoms with Gasteiger partial charge in [0.2, 0.25) is 0 Å². The zero-order valence-corrected chi connectivity index (χ0v) is 14.2. The highest BCUT2D eigenvalue weighted by molar-refractivity contribution is 6.35. The van der Waals surface area contributed by atoms with Gasteiger partial charge in [0.15, 0.2) is 0 Å². The first-order valence-electron chi connectivity index (χ1n) is 9.04. The summed E-state index contributed by atoms with van der Waals surface area (Å²) in [5.41, 5.74) is 0. The van der Waals surface area contributed by atoms with E-state index in [-0.39, 0.29) is 5.91 Å². The van der Waals surface area contributed by atoms with Gasteiger partial charge in [-0.25, -0.2) is 0 Å². The van der Waals surface area contributed by atoms with Gasteiger partial charge in [-0.05, 0) is 56.7 Å². The summed E-state index contributed by atoms with van der Waals surface area (Å²) >= 11 is 0. The van der Waals surface area contributed by atoms with Crippen molar-refractivity contribution in [1.82, 2.24) is 15.1 Å². The summed E-state index contributed by atoms with van der Waals surface area (Å²) in [6.07, 6.45) is 7.01. The van der Waals surface area contributed by atoms with Crippen molar-refractivity contribution < 1.29 is 14.0 Å². The van der Waals surface area contributed by atoms with Crippen LogP contribution in [0.3, 0.4) is 0 Å². The number of likely N-dealkylation sites (tertiary alicyclic amines) is 2. The van der Waals surface area contributed by atoms with Crippen LogP contribution in [-0.2, 0) is 16.1 Å². The summed E-state index contributed by atoms with van der Waals surface area (Å²) in [6.45, 7) is 4.99. The fourth-order valence-corrected chi connectivity index (χ4v) is 3.68. The smallest absolute Gasteiger partial charge is 0.311 e. The summed E-state index contributed by atoms with van der Waals surface area (Å²) in [4.78, 5) is 27.9. The molecule has 1 N–H and O–H groups in total. The molecule has 0 aromatic carbocycles. The maximum absolute atomic E-state index is 12.0. The minimum absolute atomic E-state index is 0.365. The molecule has 1 aromatic heterocycles. The fraction of sp³-hybridized carbons (Fsp3) is 0.667. The quantitative estimate of drug-likeness (QED) is 0.832. The Labute approximate surface area is 143 Å². The number of piperidine rings is 1. The Morgan fingerprint density at radius 1 is 1.21 bits per heavy atom. The summed E-state index contributed by atoms with van der Waals surface area (Å²) in [7, 11) is 0. The van der Waals surface area contributed by atoms with Crippen LogP contribution in [0.25, 0.3) is 0 Å². The Balaban J connectivity index is 1.36. The average Bonchev–Trinajstić information content (AvgIpc) is 3.28. The predicted molar refractivity (Wildman–Crippen MR) is 90.1 cm³/mol. The number of nitrogens with zero attached hydrogens (tertiary/aromatic N) is 2. The van der Waals surface area contributed by atoms with Gasteiger partial charge < -0.3 is 14.6 Å². The van der Waals surface area contributed by atoms with Crippen LogP contribution in [0, 0.1) is 5.92 Å². The lowest BCUT2D eigenvalue weighted by molar-refractivity contribution is -0.145. The monoisotopic (exact) mass is 333 g/mol. The topological polar surface area (TPSA) is 65.8 Å². The number of carbonyl (C=O) groups excluding carboxylic acids is 2. The lowest BCUT2D eigenvalue weighted by atomic mass is 9.94. The summed E-state index contributed by atoms with van der Waals surface area (Å²) < 4.78 is 5.42. The van der Waals surface area contributed by atoms with Crippen LogP contribution >= 0.6 is 0 Å². The largest absolute Gasteiger partial charge is 0.468 e. The summed E-state index contributed by atoms with van der Waals surface area (Å²) in [5, 5.41) is 2.80. The van der Waals surface area contributed by atoms with Crippen molar-refractivity contribution in [2.75, 3.05) is 32.7 Å². The van der Waals surface area contributed by atoms with E-state index in [4.69, 9.17) is 4.42 Å².